The number of hydrogen-bond donors (Lipinski definition) is 1. The van der Waals surface area contributed by atoms with Crippen LogP contribution in [-0.4, -0.2) is 55.1 Å². The summed E-state index contributed by atoms with van der Waals surface area (Å²) in [6.45, 7) is 4.56. The molecule has 0 saturated carbocycles. The van der Waals surface area contributed by atoms with E-state index in [1.165, 1.54) is 25.9 Å². The van der Waals surface area contributed by atoms with E-state index in [-0.39, 0.29) is 0 Å². The second-order valence-electron chi connectivity index (χ2n) is 5.61. The molecule has 0 atom stereocenters. The lowest BCUT2D eigenvalue weighted by Gasteiger charge is -2.23. The smallest absolute Gasteiger partial charge is 0.224 e. The van der Waals surface area contributed by atoms with Crippen LogP contribution < -0.4 is 10.2 Å². The first-order valence-electron chi connectivity index (χ1n) is 7.66. The van der Waals surface area contributed by atoms with Gasteiger partial charge in [0.2, 0.25) is 5.95 Å². The molecule has 5 heteroatoms. The third-order valence-corrected chi connectivity index (χ3v) is 4.12. The van der Waals surface area contributed by atoms with Gasteiger partial charge in [-0.25, -0.2) is 4.98 Å². The van der Waals surface area contributed by atoms with Crippen LogP contribution in [-0.2, 0) is 0 Å². The van der Waals surface area contributed by atoms with Crippen molar-refractivity contribution in [3.8, 4) is 0 Å². The molecule has 21 heavy (non-hydrogen) atoms. The number of likely N-dealkylation sites (N-methyl/N-ethyl adjacent to an activating group) is 1. The molecule has 1 aromatic heterocycles. The minimum Gasteiger partial charge on any atom is -0.358 e. The normalized spacial score (nSPS) is 15.5. The van der Waals surface area contributed by atoms with Gasteiger partial charge in [0.1, 0.15) is 5.82 Å². The lowest BCUT2D eigenvalue weighted by molar-refractivity contribution is 0.346. The molecule has 0 unspecified atom stereocenters. The molecule has 2 aromatic rings. The molecule has 0 radical (unpaired) electrons. The van der Waals surface area contributed by atoms with Crippen molar-refractivity contribution in [2.45, 2.75) is 12.8 Å². The Morgan fingerprint density at radius 2 is 1.95 bits per heavy atom. The van der Waals surface area contributed by atoms with E-state index in [1.54, 1.807) is 0 Å². The number of aromatic nitrogens is 2. The van der Waals surface area contributed by atoms with Crippen molar-refractivity contribution in [2.75, 3.05) is 50.5 Å². The molecule has 1 fully saturated rings. The van der Waals surface area contributed by atoms with Crippen molar-refractivity contribution in [3.63, 3.8) is 0 Å². The zero-order valence-corrected chi connectivity index (χ0v) is 12.8. The number of anilines is 2. The second-order valence-corrected chi connectivity index (χ2v) is 5.61. The van der Waals surface area contributed by atoms with Crippen molar-refractivity contribution < 1.29 is 0 Å². The molecule has 1 aromatic carbocycles. The van der Waals surface area contributed by atoms with E-state index >= 15 is 0 Å². The van der Waals surface area contributed by atoms with E-state index in [0.717, 1.165) is 29.8 Å². The Hall–Kier alpha value is -1.88. The van der Waals surface area contributed by atoms with Gasteiger partial charge in [-0.1, -0.05) is 12.1 Å². The molecule has 1 saturated heterocycles. The first-order valence-corrected chi connectivity index (χ1v) is 7.66. The number of likely N-dealkylation sites (tertiary alicyclic amines) is 1. The summed E-state index contributed by atoms with van der Waals surface area (Å²) in [6, 6.07) is 8.19. The number of hydrogen-bond acceptors (Lipinski definition) is 5. The maximum atomic E-state index is 4.65. The largest absolute Gasteiger partial charge is 0.358 e. The first-order chi connectivity index (χ1) is 10.3. The highest BCUT2D eigenvalue weighted by atomic mass is 15.2. The van der Waals surface area contributed by atoms with Crippen molar-refractivity contribution in [1.29, 1.82) is 0 Å². The molecular formula is C16H23N5. The summed E-state index contributed by atoms with van der Waals surface area (Å²) in [6.07, 6.45) is 2.67. The number of nitrogens with zero attached hydrogens (tertiary/aromatic N) is 4. The monoisotopic (exact) mass is 285 g/mol. The van der Waals surface area contributed by atoms with Gasteiger partial charge in [0.15, 0.2) is 0 Å². The molecule has 0 spiro atoms. The number of para-hydroxylation sites is 1. The van der Waals surface area contributed by atoms with Crippen LogP contribution >= 0.6 is 0 Å². The summed E-state index contributed by atoms with van der Waals surface area (Å²) in [7, 11) is 3.97. The van der Waals surface area contributed by atoms with Gasteiger partial charge in [0.05, 0.1) is 5.52 Å². The Morgan fingerprint density at radius 3 is 2.71 bits per heavy atom. The van der Waals surface area contributed by atoms with Gasteiger partial charge in [0.25, 0.3) is 0 Å². The predicted octanol–water partition coefficient (Wildman–Crippen LogP) is 2.20. The summed E-state index contributed by atoms with van der Waals surface area (Å²) in [5, 5.41) is 4.16. The average molecular weight is 285 g/mol. The van der Waals surface area contributed by atoms with E-state index < -0.39 is 0 Å². The molecule has 0 aliphatic carbocycles. The zero-order valence-electron chi connectivity index (χ0n) is 12.8. The third-order valence-electron chi connectivity index (χ3n) is 4.12. The molecule has 0 amide bonds. The molecular weight excluding hydrogens is 262 g/mol. The fraction of sp³-hybridized carbons (Fsp3) is 0.500. The maximum absolute atomic E-state index is 4.65. The van der Waals surface area contributed by atoms with E-state index in [9.17, 15) is 0 Å². The molecule has 2 heterocycles. The van der Waals surface area contributed by atoms with Crippen LogP contribution in [0, 0.1) is 0 Å². The van der Waals surface area contributed by atoms with Gasteiger partial charge < -0.3 is 15.1 Å². The Balaban J connectivity index is 1.83. The van der Waals surface area contributed by atoms with Gasteiger partial charge in [-0.2, -0.15) is 4.98 Å². The van der Waals surface area contributed by atoms with Gasteiger partial charge in [-0.15, -0.1) is 0 Å². The SMILES string of the molecule is CNc1nc(N(C)CCN2CCCC2)c2ccccc2n1. The molecule has 0 bridgehead atoms. The zero-order chi connectivity index (χ0) is 14.7. The third kappa shape index (κ3) is 3.08. The quantitative estimate of drug-likeness (QED) is 0.912. The summed E-state index contributed by atoms with van der Waals surface area (Å²) in [5.41, 5.74) is 0.986. The Bertz CT molecular complexity index is 607. The highest BCUT2D eigenvalue weighted by Gasteiger charge is 2.14. The van der Waals surface area contributed by atoms with Crippen molar-refractivity contribution in [2.24, 2.45) is 0 Å². The Labute approximate surface area is 126 Å². The minimum atomic E-state index is 0.678. The van der Waals surface area contributed by atoms with Crippen LogP contribution in [0.25, 0.3) is 10.9 Å². The number of benzene rings is 1. The van der Waals surface area contributed by atoms with Crippen LogP contribution in [0.1, 0.15) is 12.8 Å². The molecule has 112 valence electrons. The van der Waals surface area contributed by atoms with Crippen molar-refractivity contribution in [3.05, 3.63) is 24.3 Å². The topological polar surface area (TPSA) is 44.3 Å². The molecule has 1 aliphatic heterocycles. The Kier molecular flexibility index (Phi) is 4.20. The van der Waals surface area contributed by atoms with E-state index in [4.69, 9.17) is 0 Å². The molecule has 3 rings (SSSR count). The summed E-state index contributed by atoms with van der Waals surface area (Å²) in [4.78, 5) is 13.9. The maximum Gasteiger partial charge on any atom is 0.224 e. The van der Waals surface area contributed by atoms with Gasteiger partial charge >= 0.3 is 0 Å². The van der Waals surface area contributed by atoms with E-state index in [2.05, 4.69) is 38.2 Å². The minimum absolute atomic E-state index is 0.678. The van der Waals surface area contributed by atoms with E-state index in [0.29, 0.717) is 5.95 Å². The standard InChI is InChI=1S/C16H23N5/c1-17-16-18-14-8-4-3-7-13(14)15(19-16)20(2)11-12-21-9-5-6-10-21/h3-4,7-8H,5-6,9-12H2,1-2H3,(H,17,18,19). The van der Waals surface area contributed by atoms with Crippen molar-refractivity contribution in [1.82, 2.24) is 14.9 Å². The predicted molar refractivity (Wildman–Crippen MR) is 88.0 cm³/mol. The van der Waals surface area contributed by atoms with Crippen molar-refractivity contribution >= 4 is 22.7 Å². The van der Waals surface area contributed by atoms with Gasteiger partial charge in [-0.3, -0.25) is 0 Å². The molecule has 5 nitrogen and oxygen atoms in total. The summed E-state index contributed by atoms with van der Waals surface area (Å²) >= 11 is 0. The molecule has 1 N–H and O–H groups in total. The van der Waals surface area contributed by atoms with Crippen LogP contribution in [0.3, 0.4) is 0 Å². The number of fused-ring (bicyclic) bond motifs is 1. The lowest BCUT2D eigenvalue weighted by atomic mass is 10.2. The highest BCUT2D eigenvalue weighted by Crippen LogP contribution is 2.24. The number of nitrogens with one attached hydrogen (secondary N) is 1. The summed E-state index contributed by atoms with van der Waals surface area (Å²) in [5.74, 6) is 1.68. The fourth-order valence-corrected chi connectivity index (χ4v) is 2.87. The van der Waals surface area contributed by atoms with Crippen LogP contribution in [0.2, 0.25) is 0 Å². The van der Waals surface area contributed by atoms with Gasteiger partial charge in [0, 0.05) is 32.6 Å². The molecule has 1 aliphatic rings. The van der Waals surface area contributed by atoms with Crippen LogP contribution in [0.4, 0.5) is 11.8 Å². The summed E-state index contributed by atoms with van der Waals surface area (Å²) < 4.78 is 0. The van der Waals surface area contributed by atoms with Crippen LogP contribution in [0.15, 0.2) is 24.3 Å². The first kappa shape index (κ1) is 14.1. The average Bonchev–Trinajstić information content (AvgIpc) is 3.05. The van der Waals surface area contributed by atoms with Gasteiger partial charge in [-0.05, 0) is 38.1 Å². The Morgan fingerprint density at radius 1 is 1.19 bits per heavy atom. The van der Waals surface area contributed by atoms with E-state index in [1.807, 2.05) is 25.2 Å². The fourth-order valence-electron chi connectivity index (χ4n) is 2.87. The second kappa shape index (κ2) is 6.26. The highest BCUT2D eigenvalue weighted by molar-refractivity contribution is 5.90. The number of rotatable bonds is 5. The lowest BCUT2D eigenvalue weighted by Crippen LogP contribution is -2.32. The van der Waals surface area contributed by atoms with Crippen LogP contribution in [0.5, 0.6) is 0 Å².